The molecule has 0 aliphatic rings. The monoisotopic (exact) mass is 804 g/mol. The number of esters is 2. The van der Waals surface area contributed by atoms with Crippen molar-refractivity contribution in [3.8, 4) is 0 Å². The molecule has 10 nitrogen and oxygen atoms in total. The summed E-state index contributed by atoms with van der Waals surface area (Å²) in [6.45, 7) is 3.33. The maximum atomic E-state index is 12.5. The molecule has 318 valence electrons. The van der Waals surface area contributed by atoms with Crippen molar-refractivity contribution in [3.63, 3.8) is 0 Å². The van der Waals surface area contributed by atoms with E-state index < -0.39 is 38.6 Å². The normalized spacial score (nSPS) is 14.9. The number of hydrogen-bond donors (Lipinski definition) is 3. The number of aliphatic hydroxyl groups excluding tert-OH is 1. The fraction of sp³-hybridized carbons (Fsp3) is 0.600. The van der Waals surface area contributed by atoms with Crippen molar-refractivity contribution in [2.24, 2.45) is 5.73 Å². The van der Waals surface area contributed by atoms with Crippen LogP contribution in [0.3, 0.4) is 0 Å². The molecule has 0 aliphatic heterocycles. The first-order chi connectivity index (χ1) is 27.2. The Bertz CT molecular complexity index is 1250. The van der Waals surface area contributed by atoms with Gasteiger partial charge in [0.2, 0.25) is 0 Å². The number of phosphoric acid groups is 1. The van der Waals surface area contributed by atoms with Gasteiger partial charge in [-0.05, 0) is 83.5 Å². The lowest BCUT2D eigenvalue weighted by atomic mass is 10.1. The van der Waals surface area contributed by atoms with Crippen molar-refractivity contribution in [2.45, 2.75) is 148 Å². The Kier molecular flexibility index (Phi) is 37.9. The first-order valence-corrected chi connectivity index (χ1v) is 22.3. The molecule has 0 heterocycles. The van der Waals surface area contributed by atoms with E-state index in [1.165, 1.54) is 25.7 Å². The average molecular weight is 804 g/mol. The summed E-state index contributed by atoms with van der Waals surface area (Å²) < 4.78 is 32.6. The summed E-state index contributed by atoms with van der Waals surface area (Å²) in [4.78, 5) is 34.8. The Labute approximate surface area is 339 Å². The zero-order chi connectivity index (χ0) is 41.2. The highest BCUT2D eigenvalue weighted by Gasteiger charge is 2.25. The molecule has 3 atom stereocenters. The van der Waals surface area contributed by atoms with Crippen molar-refractivity contribution < 1.29 is 42.7 Å². The van der Waals surface area contributed by atoms with Crippen LogP contribution in [0.15, 0.2) is 97.2 Å². The van der Waals surface area contributed by atoms with Crippen molar-refractivity contribution in [1.82, 2.24) is 0 Å². The van der Waals surface area contributed by atoms with E-state index >= 15 is 0 Å². The van der Waals surface area contributed by atoms with E-state index in [1.807, 2.05) is 55.5 Å². The maximum Gasteiger partial charge on any atom is 0.472 e. The number of allylic oxidation sites excluding steroid dienone is 14. The number of ether oxygens (including phenoxy) is 2. The molecule has 0 fully saturated rings. The van der Waals surface area contributed by atoms with Gasteiger partial charge in [0.1, 0.15) is 6.61 Å². The summed E-state index contributed by atoms with van der Waals surface area (Å²) in [7, 11) is -4.41. The van der Waals surface area contributed by atoms with Gasteiger partial charge in [-0.3, -0.25) is 18.6 Å². The van der Waals surface area contributed by atoms with Gasteiger partial charge < -0.3 is 25.2 Å². The largest absolute Gasteiger partial charge is 0.472 e. The Morgan fingerprint density at radius 2 is 1.20 bits per heavy atom. The molecular formula is C45H74NO9P. The van der Waals surface area contributed by atoms with Crippen LogP contribution in [-0.4, -0.2) is 60.5 Å². The summed E-state index contributed by atoms with van der Waals surface area (Å²) >= 11 is 0. The van der Waals surface area contributed by atoms with Crippen molar-refractivity contribution >= 4 is 19.8 Å². The van der Waals surface area contributed by atoms with Crippen LogP contribution in [-0.2, 0) is 32.7 Å². The lowest BCUT2D eigenvalue weighted by Crippen LogP contribution is -2.29. The van der Waals surface area contributed by atoms with E-state index in [-0.39, 0.29) is 32.6 Å². The van der Waals surface area contributed by atoms with Crippen LogP contribution < -0.4 is 5.73 Å². The lowest BCUT2D eigenvalue weighted by molar-refractivity contribution is -0.161. The lowest BCUT2D eigenvalue weighted by Gasteiger charge is -2.19. The summed E-state index contributed by atoms with van der Waals surface area (Å²) in [6, 6.07) is 0. The van der Waals surface area contributed by atoms with Gasteiger partial charge in [-0.2, -0.15) is 0 Å². The Morgan fingerprint density at radius 3 is 1.82 bits per heavy atom. The van der Waals surface area contributed by atoms with Crippen molar-refractivity contribution in [1.29, 1.82) is 0 Å². The molecule has 2 unspecified atom stereocenters. The highest BCUT2D eigenvalue weighted by molar-refractivity contribution is 7.47. The minimum atomic E-state index is -4.41. The van der Waals surface area contributed by atoms with Gasteiger partial charge in [0.05, 0.1) is 19.3 Å². The molecule has 0 saturated carbocycles. The minimum Gasteiger partial charge on any atom is -0.462 e. The van der Waals surface area contributed by atoms with Gasteiger partial charge >= 0.3 is 19.8 Å². The van der Waals surface area contributed by atoms with E-state index in [0.29, 0.717) is 25.7 Å². The van der Waals surface area contributed by atoms with Gasteiger partial charge in [0.15, 0.2) is 6.10 Å². The molecule has 0 bridgehead atoms. The van der Waals surface area contributed by atoms with Gasteiger partial charge in [-0.15, -0.1) is 0 Å². The van der Waals surface area contributed by atoms with Crippen LogP contribution in [0.1, 0.15) is 136 Å². The molecule has 0 aromatic rings. The van der Waals surface area contributed by atoms with Gasteiger partial charge in [0.25, 0.3) is 0 Å². The third-order valence-corrected chi connectivity index (χ3v) is 9.01. The number of phosphoric ester groups is 1. The summed E-state index contributed by atoms with van der Waals surface area (Å²) in [5.41, 5.74) is 5.33. The van der Waals surface area contributed by atoms with Gasteiger partial charge in [-0.1, -0.05) is 137 Å². The Balaban J connectivity index is 4.38. The molecule has 0 rings (SSSR count). The van der Waals surface area contributed by atoms with Gasteiger partial charge in [0, 0.05) is 19.4 Å². The van der Waals surface area contributed by atoms with Crippen LogP contribution in [0.5, 0.6) is 0 Å². The SMILES string of the molecule is CC/C=C\C(O)C/C=C/C=C\C/C=C\C/C=C\CCCC(=O)O[C@H](COC(=O)CCCCCC/C=C\C/C=C\C/C=C\CCCCC)COP(=O)(O)OCCN. The molecule has 11 heteroatoms. The quantitative estimate of drug-likeness (QED) is 0.0182. The fourth-order valence-corrected chi connectivity index (χ4v) is 5.70. The highest BCUT2D eigenvalue weighted by atomic mass is 31.2. The molecule has 0 aromatic carbocycles. The zero-order valence-corrected chi connectivity index (χ0v) is 35.3. The van der Waals surface area contributed by atoms with E-state index in [9.17, 15) is 24.2 Å². The molecule has 0 radical (unpaired) electrons. The third kappa shape index (κ3) is 39.1. The molecule has 0 aromatic heterocycles. The van der Waals surface area contributed by atoms with Crippen LogP contribution in [0.2, 0.25) is 0 Å². The number of nitrogens with two attached hydrogens (primary N) is 1. The van der Waals surface area contributed by atoms with E-state index in [1.54, 1.807) is 0 Å². The standard InChI is InChI=1S/C45H74NO9P/c1-3-5-7-8-9-10-11-12-13-14-15-16-20-23-26-29-32-36-44(48)52-40-43(41-54-56(50,51)53-39-38-46)55-45(49)37-33-30-27-24-21-18-17-19-22-25-28-31-35-42(47)34-6-4-2/h6,9-10,12-13,15-18,22,24-25,27-28,31,34,42-43,47H,3-5,7-8,11,14,19-21,23,26,29-30,32-33,35-41,46H2,1-2H3,(H,50,51)/b10-9-,13-12-,16-15-,18-17-,25-22-,27-24-,31-28+,34-6-/t42?,43-/m1/s1. The van der Waals surface area contributed by atoms with E-state index in [2.05, 4.69) is 55.5 Å². The molecule has 0 spiro atoms. The highest BCUT2D eigenvalue weighted by Crippen LogP contribution is 2.43. The maximum absolute atomic E-state index is 12.5. The van der Waals surface area contributed by atoms with E-state index in [4.69, 9.17) is 24.3 Å². The second-order valence-electron chi connectivity index (χ2n) is 13.3. The van der Waals surface area contributed by atoms with Crippen LogP contribution in [0, 0.1) is 0 Å². The topological polar surface area (TPSA) is 155 Å². The fourth-order valence-electron chi connectivity index (χ4n) is 4.93. The van der Waals surface area contributed by atoms with Crippen molar-refractivity contribution in [3.05, 3.63) is 97.2 Å². The number of aliphatic hydroxyl groups is 1. The molecular weight excluding hydrogens is 729 g/mol. The molecule has 0 aliphatic carbocycles. The molecule has 56 heavy (non-hydrogen) atoms. The number of carbonyl (C=O) groups is 2. The molecule has 0 amide bonds. The Hall–Kier alpha value is -3.11. The first kappa shape index (κ1) is 52.9. The second kappa shape index (κ2) is 40.1. The minimum absolute atomic E-state index is 0.0283. The van der Waals surface area contributed by atoms with Crippen molar-refractivity contribution in [2.75, 3.05) is 26.4 Å². The van der Waals surface area contributed by atoms with Crippen LogP contribution in [0.25, 0.3) is 0 Å². The Morgan fingerprint density at radius 1 is 0.643 bits per heavy atom. The number of rotatable bonds is 37. The number of carbonyl (C=O) groups excluding carboxylic acids is 2. The van der Waals surface area contributed by atoms with Crippen LogP contribution in [0.4, 0.5) is 0 Å². The van der Waals surface area contributed by atoms with Crippen LogP contribution >= 0.6 is 7.82 Å². The molecule has 4 N–H and O–H groups in total. The number of unbranched alkanes of at least 4 members (excludes halogenated alkanes) is 8. The van der Waals surface area contributed by atoms with E-state index in [0.717, 1.165) is 57.8 Å². The smallest absolute Gasteiger partial charge is 0.462 e. The predicted molar refractivity (Wildman–Crippen MR) is 230 cm³/mol. The first-order valence-electron chi connectivity index (χ1n) is 20.8. The average Bonchev–Trinajstić information content (AvgIpc) is 3.18. The number of hydrogen-bond acceptors (Lipinski definition) is 9. The molecule has 0 saturated heterocycles. The predicted octanol–water partition coefficient (Wildman–Crippen LogP) is 10.8. The van der Waals surface area contributed by atoms with Gasteiger partial charge in [-0.25, -0.2) is 4.57 Å². The summed E-state index contributed by atoms with van der Waals surface area (Å²) in [6.07, 6.45) is 47.8. The summed E-state index contributed by atoms with van der Waals surface area (Å²) in [5.74, 6) is -0.958. The zero-order valence-electron chi connectivity index (χ0n) is 34.4. The second-order valence-corrected chi connectivity index (χ2v) is 14.8. The summed E-state index contributed by atoms with van der Waals surface area (Å²) in [5, 5.41) is 9.76. The third-order valence-electron chi connectivity index (χ3n) is 8.03.